The summed E-state index contributed by atoms with van der Waals surface area (Å²) in [5.74, 6) is -2.10. The molecule has 0 saturated heterocycles. The van der Waals surface area contributed by atoms with Crippen LogP contribution in [0.15, 0.2) is 30.3 Å². The van der Waals surface area contributed by atoms with E-state index in [-0.39, 0.29) is 24.2 Å². The van der Waals surface area contributed by atoms with Gasteiger partial charge >= 0.3 is 12.1 Å². The molecule has 0 bridgehead atoms. The fraction of sp³-hybridized carbons (Fsp3) is 0.350. The lowest BCUT2D eigenvalue weighted by Crippen LogP contribution is -2.21. The van der Waals surface area contributed by atoms with Gasteiger partial charge in [-0.25, -0.2) is 4.39 Å². The Morgan fingerprint density at radius 2 is 1.82 bits per heavy atom. The molecule has 1 unspecified atom stereocenters. The Bertz CT molecular complexity index is 848. The highest BCUT2D eigenvalue weighted by Gasteiger charge is 2.37. The lowest BCUT2D eigenvalue weighted by Gasteiger charge is -2.21. The van der Waals surface area contributed by atoms with Gasteiger partial charge in [-0.3, -0.25) is 9.52 Å². The van der Waals surface area contributed by atoms with Gasteiger partial charge in [-0.1, -0.05) is 31.0 Å². The molecule has 0 radical (unpaired) electrons. The van der Waals surface area contributed by atoms with Crippen molar-refractivity contribution < 1.29 is 27.1 Å². The fourth-order valence-electron chi connectivity index (χ4n) is 3.13. The SMILES string of the molecule is CCOC(=O)CC(NS)c1cc(-c2c(C)cccc2C)cc(C(F)(F)F)c1F. The Labute approximate surface area is 166 Å². The second-order valence-corrected chi connectivity index (χ2v) is 6.64. The molecule has 2 rings (SSSR count). The van der Waals surface area contributed by atoms with E-state index in [2.05, 4.69) is 17.5 Å². The minimum Gasteiger partial charge on any atom is -0.466 e. The molecule has 2 aromatic carbocycles. The summed E-state index contributed by atoms with van der Waals surface area (Å²) in [6.07, 6.45) is -5.25. The monoisotopic (exact) mass is 415 g/mol. The smallest absolute Gasteiger partial charge is 0.419 e. The molecule has 1 atom stereocenters. The topological polar surface area (TPSA) is 38.3 Å². The van der Waals surface area contributed by atoms with Gasteiger partial charge in [-0.15, -0.1) is 0 Å². The first-order valence-corrected chi connectivity index (χ1v) is 9.07. The molecule has 2 aromatic rings. The summed E-state index contributed by atoms with van der Waals surface area (Å²) in [7, 11) is 0. The third-order valence-corrected chi connectivity index (χ3v) is 4.70. The van der Waals surface area contributed by atoms with Gasteiger partial charge in [0.1, 0.15) is 5.82 Å². The molecule has 0 aliphatic heterocycles. The van der Waals surface area contributed by atoms with Crippen LogP contribution in [-0.2, 0) is 15.7 Å². The molecule has 0 saturated carbocycles. The number of carbonyl (C=O) groups is 1. The van der Waals surface area contributed by atoms with Crippen LogP contribution < -0.4 is 4.72 Å². The summed E-state index contributed by atoms with van der Waals surface area (Å²) in [4.78, 5) is 11.8. The molecule has 0 amide bonds. The number of halogens is 4. The maximum absolute atomic E-state index is 14.8. The number of carbonyl (C=O) groups excluding carboxylic acids is 1. The molecule has 0 heterocycles. The Hall–Kier alpha value is -2.06. The van der Waals surface area contributed by atoms with Crippen LogP contribution >= 0.6 is 12.8 Å². The van der Waals surface area contributed by atoms with Gasteiger partial charge in [-0.05, 0) is 55.2 Å². The van der Waals surface area contributed by atoms with E-state index in [4.69, 9.17) is 4.74 Å². The van der Waals surface area contributed by atoms with Gasteiger partial charge in [0.2, 0.25) is 0 Å². The lowest BCUT2D eigenvalue weighted by atomic mass is 9.90. The van der Waals surface area contributed by atoms with Gasteiger partial charge in [0, 0.05) is 5.56 Å². The maximum atomic E-state index is 14.8. The van der Waals surface area contributed by atoms with Crippen molar-refractivity contribution in [1.82, 2.24) is 4.72 Å². The summed E-state index contributed by atoms with van der Waals surface area (Å²) >= 11 is 3.88. The van der Waals surface area contributed by atoms with Crippen molar-refractivity contribution in [3.8, 4) is 11.1 Å². The highest BCUT2D eigenvalue weighted by atomic mass is 32.1. The minimum absolute atomic E-state index is 0.108. The van der Waals surface area contributed by atoms with Gasteiger partial charge in [0.05, 0.1) is 24.6 Å². The predicted molar refractivity (Wildman–Crippen MR) is 102 cm³/mol. The van der Waals surface area contributed by atoms with E-state index < -0.39 is 29.6 Å². The molecule has 1 N–H and O–H groups in total. The predicted octanol–water partition coefficient (Wildman–Crippen LogP) is 5.56. The second-order valence-electron chi connectivity index (χ2n) is 6.38. The highest BCUT2D eigenvalue weighted by Crippen LogP contribution is 2.39. The van der Waals surface area contributed by atoms with Crippen molar-refractivity contribution in [1.29, 1.82) is 0 Å². The van der Waals surface area contributed by atoms with Gasteiger partial charge in [0.15, 0.2) is 0 Å². The van der Waals surface area contributed by atoms with E-state index in [1.807, 2.05) is 0 Å². The molecule has 8 heteroatoms. The minimum atomic E-state index is -4.89. The normalized spacial score (nSPS) is 12.7. The number of rotatable bonds is 6. The zero-order valence-electron chi connectivity index (χ0n) is 15.7. The third-order valence-electron chi connectivity index (χ3n) is 4.38. The Balaban J connectivity index is 2.70. The van der Waals surface area contributed by atoms with Crippen molar-refractivity contribution in [3.63, 3.8) is 0 Å². The number of hydrogen-bond acceptors (Lipinski definition) is 4. The van der Waals surface area contributed by atoms with E-state index in [9.17, 15) is 22.4 Å². The molecule has 3 nitrogen and oxygen atoms in total. The Morgan fingerprint density at radius 1 is 1.21 bits per heavy atom. The molecule has 0 fully saturated rings. The second kappa shape index (κ2) is 8.96. The van der Waals surface area contributed by atoms with E-state index in [1.54, 1.807) is 39.0 Å². The summed E-state index contributed by atoms with van der Waals surface area (Å²) in [5.41, 5.74) is 0.633. The first-order chi connectivity index (χ1) is 13.1. The van der Waals surface area contributed by atoms with Gasteiger partial charge < -0.3 is 4.74 Å². The fourth-order valence-corrected chi connectivity index (χ4v) is 3.36. The van der Waals surface area contributed by atoms with E-state index in [0.29, 0.717) is 5.56 Å². The van der Waals surface area contributed by atoms with Crippen LogP contribution in [-0.4, -0.2) is 12.6 Å². The van der Waals surface area contributed by atoms with Crippen LogP contribution in [0.3, 0.4) is 0 Å². The first kappa shape index (κ1) is 22.2. The summed E-state index contributed by atoms with van der Waals surface area (Å²) in [6.45, 7) is 5.25. The summed E-state index contributed by atoms with van der Waals surface area (Å²) < 4.78 is 62.6. The average Bonchev–Trinajstić information content (AvgIpc) is 2.60. The number of esters is 1. The summed E-state index contributed by atoms with van der Waals surface area (Å²) in [6, 6.07) is 6.37. The molecule has 28 heavy (non-hydrogen) atoms. The number of alkyl halides is 3. The van der Waals surface area contributed by atoms with Crippen molar-refractivity contribution in [2.24, 2.45) is 0 Å². The zero-order chi connectivity index (χ0) is 21.1. The molecule has 0 aliphatic carbocycles. The van der Waals surface area contributed by atoms with Crippen molar-refractivity contribution in [3.05, 3.63) is 58.4 Å². The molecular weight excluding hydrogens is 394 g/mol. The van der Waals surface area contributed by atoms with E-state index >= 15 is 0 Å². The quantitative estimate of drug-likeness (QED) is 0.369. The lowest BCUT2D eigenvalue weighted by molar-refractivity contribution is -0.143. The number of hydrogen-bond donors (Lipinski definition) is 2. The van der Waals surface area contributed by atoms with Crippen molar-refractivity contribution in [2.75, 3.05) is 6.61 Å². The molecule has 152 valence electrons. The average molecular weight is 415 g/mol. The molecule has 0 aromatic heterocycles. The Kier molecular flexibility index (Phi) is 7.11. The van der Waals surface area contributed by atoms with Crippen LogP contribution in [0.4, 0.5) is 17.6 Å². The summed E-state index contributed by atoms with van der Waals surface area (Å²) in [5, 5.41) is 0. The zero-order valence-corrected chi connectivity index (χ0v) is 16.5. The number of aryl methyl sites for hydroxylation is 2. The molecule has 0 spiro atoms. The van der Waals surface area contributed by atoms with Crippen molar-refractivity contribution >= 4 is 18.8 Å². The number of thiol groups is 1. The number of nitrogens with one attached hydrogen (secondary N) is 1. The number of benzene rings is 2. The third kappa shape index (κ3) is 4.86. The van der Waals surface area contributed by atoms with Crippen LogP contribution in [0.5, 0.6) is 0 Å². The van der Waals surface area contributed by atoms with Gasteiger partial charge in [0.25, 0.3) is 0 Å². The van der Waals surface area contributed by atoms with Crippen LogP contribution in [0.25, 0.3) is 11.1 Å². The number of ether oxygens (including phenoxy) is 1. The standard InChI is InChI=1S/C20H21F4NO2S/c1-4-27-17(26)10-16(25-28)14-8-13(9-15(19(14)21)20(22,23)24)18-11(2)6-5-7-12(18)3/h5-9,16,25,28H,4,10H2,1-3H3. The highest BCUT2D eigenvalue weighted by molar-refractivity contribution is 7.78. The first-order valence-electron chi connectivity index (χ1n) is 8.62. The van der Waals surface area contributed by atoms with Crippen LogP contribution in [0, 0.1) is 19.7 Å². The van der Waals surface area contributed by atoms with Crippen LogP contribution in [0.2, 0.25) is 0 Å². The van der Waals surface area contributed by atoms with E-state index in [1.165, 1.54) is 6.07 Å². The van der Waals surface area contributed by atoms with Gasteiger partial charge in [-0.2, -0.15) is 13.2 Å². The Morgan fingerprint density at radius 3 is 2.32 bits per heavy atom. The molecular formula is C20H21F4NO2S. The van der Waals surface area contributed by atoms with E-state index in [0.717, 1.165) is 17.2 Å². The van der Waals surface area contributed by atoms with Crippen molar-refractivity contribution in [2.45, 2.75) is 39.4 Å². The van der Waals surface area contributed by atoms with Crippen LogP contribution in [0.1, 0.15) is 41.6 Å². The molecule has 0 aliphatic rings. The largest absolute Gasteiger partial charge is 0.466 e. The maximum Gasteiger partial charge on any atom is 0.419 e.